The highest BCUT2D eigenvalue weighted by molar-refractivity contribution is 7.88. The van der Waals surface area contributed by atoms with Crippen molar-refractivity contribution < 1.29 is 18.0 Å². The first-order chi connectivity index (χ1) is 15.8. The second kappa shape index (κ2) is 11.1. The van der Waals surface area contributed by atoms with Crippen LogP contribution in [0.3, 0.4) is 0 Å². The fraction of sp³-hybridized carbons (Fsp3) is 0.0833. The molecule has 0 aromatic heterocycles. The molecule has 0 bridgehead atoms. The lowest BCUT2D eigenvalue weighted by Gasteiger charge is -2.09. The lowest BCUT2D eigenvalue weighted by Crippen LogP contribution is -2.25. The number of amides is 3. The number of carbonyl (C=O) groups excluding carboxylic acids is 2. The highest BCUT2D eigenvalue weighted by Crippen LogP contribution is 2.15. The minimum absolute atomic E-state index is 0.165. The SMILES string of the molecule is C=CCNS(=O)(=O)Cc1ccc(NC(=O)c2ccc(NC(=O)Nc3ccccc3)cc2)cc1. The van der Waals surface area contributed by atoms with Gasteiger partial charge >= 0.3 is 6.03 Å². The molecule has 9 heteroatoms. The number of carbonyl (C=O) groups is 2. The summed E-state index contributed by atoms with van der Waals surface area (Å²) >= 11 is 0. The van der Waals surface area contributed by atoms with Crippen LogP contribution in [0.25, 0.3) is 0 Å². The van der Waals surface area contributed by atoms with Crippen LogP contribution in [-0.4, -0.2) is 26.9 Å². The molecule has 0 fully saturated rings. The van der Waals surface area contributed by atoms with Crippen molar-refractivity contribution in [3.05, 3.63) is 103 Å². The van der Waals surface area contributed by atoms with E-state index in [0.717, 1.165) is 0 Å². The Labute approximate surface area is 192 Å². The van der Waals surface area contributed by atoms with Crippen molar-refractivity contribution in [3.63, 3.8) is 0 Å². The number of rotatable bonds is 9. The zero-order chi connectivity index (χ0) is 23.7. The molecule has 0 aliphatic carbocycles. The van der Waals surface area contributed by atoms with E-state index >= 15 is 0 Å². The van der Waals surface area contributed by atoms with Crippen molar-refractivity contribution in [2.24, 2.45) is 0 Å². The van der Waals surface area contributed by atoms with E-state index in [4.69, 9.17) is 0 Å². The third kappa shape index (κ3) is 7.60. The Kier molecular flexibility index (Phi) is 7.96. The first-order valence-corrected chi connectivity index (χ1v) is 11.7. The van der Waals surface area contributed by atoms with Crippen molar-refractivity contribution in [2.75, 3.05) is 22.5 Å². The molecule has 3 aromatic carbocycles. The molecule has 0 atom stereocenters. The Hall–Kier alpha value is -3.95. The largest absolute Gasteiger partial charge is 0.323 e. The molecule has 33 heavy (non-hydrogen) atoms. The van der Waals surface area contributed by atoms with Crippen LogP contribution in [-0.2, 0) is 15.8 Å². The minimum Gasteiger partial charge on any atom is -0.322 e. The molecule has 3 rings (SSSR count). The Balaban J connectivity index is 1.54. The van der Waals surface area contributed by atoms with E-state index in [2.05, 4.69) is 27.3 Å². The van der Waals surface area contributed by atoms with E-state index < -0.39 is 10.0 Å². The maximum atomic E-state index is 12.5. The predicted octanol–water partition coefficient (Wildman–Crippen LogP) is 4.19. The van der Waals surface area contributed by atoms with Crippen LogP contribution < -0.4 is 20.7 Å². The van der Waals surface area contributed by atoms with Crippen LogP contribution in [0.5, 0.6) is 0 Å². The molecule has 0 saturated heterocycles. The number of hydrogen-bond acceptors (Lipinski definition) is 4. The van der Waals surface area contributed by atoms with Crippen LogP contribution in [0.4, 0.5) is 21.9 Å². The maximum absolute atomic E-state index is 12.5. The number of sulfonamides is 1. The van der Waals surface area contributed by atoms with Gasteiger partial charge in [-0.15, -0.1) is 6.58 Å². The second-order valence-electron chi connectivity index (χ2n) is 7.07. The molecule has 0 heterocycles. The van der Waals surface area contributed by atoms with Crippen LogP contribution in [0.2, 0.25) is 0 Å². The second-order valence-corrected chi connectivity index (χ2v) is 8.88. The summed E-state index contributed by atoms with van der Waals surface area (Å²) < 4.78 is 26.3. The maximum Gasteiger partial charge on any atom is 0.323 e. The summed E-state index contributed by atoms with van der Waals surface area (Å²) in [6.07, 6.45) is 1.47. The van der Waals surface area contributed by atoms with Gasteiger partial charge in [0.1, 0.15) is 0 Å². The number of benzene rings is 3. The summed E-state index contributed by atoms with van der Waals surface area (Å²) in [5.74, 6) is -0.496. The van der Waals surface area contributed by atoms with Gasteiger partial charge in [-0.1, -0.05) is 36.4 Å². The van der Waals surface area contributed by atoms with Crippen LogP contribution >= 0.6 is 0 Å². The molecule has 3 aromatic rings. The summed E-state index contributed by atoms with van der Waals surface area (Å²) in [7, 11) is -3.45. The molecule has 170 valence electrons. The fourth-order valence-electron chi connectivity index (χ4n) is 2.86. The zero-order valence-electron chi connectivity index (χ0n) is 17.7. The topological polar surface area (TPSA) is 116 Å². The van der Waals surface area contributed by atoms with Crippen LogP contribution in [0, 0.1) is 0 Å². The monoisotopic (exact) mass is 464 g/mol. The molecular weight excluding hydrogens is 440 g/mol. The van der Waals surface area contributed by atoms with E-state index in [1.165, 1.54) is 6.08 Å². The Morgan fingerprint density at radius 3 is 1.91 bits per heavy atom. The van der Waals surface area contributed by atoms with Crippen molar-refractivity contribution in [1.29, 1.82) is 0 Å². The van der Waals surface area contributed by atoms with Crippen molar-refractivity contribution >= 4 is 39.0 Å². The number of hydrogen-bond donors (Lipinski definition) is 4. The first-order valence-electron chi connectivity index (χ1n) is 10.1. The van der Waals surface area contributed by atoms with Gasteiger partial charge in [-0.2, -0.15) is 0 Å². The van der Waals surface area contributed by atoms with Gasteiger partial charge in [0, 0.05) is 29.2 Å². The average molecular weight is 465 g/mol. The molecule has 0 aliphatic rings. The molecule has 4 N–H and O–H groups in total. The van der Waals surface area contributed by atoms with Gasteiger partial charge in [0.25, 0.3) is 5.91 Å². The fourth-order valence-corrected chi connectivity index (χ4v) is 3.97. The Morgan fingerprint density at radius 1 is 0.758 bits per heavy atom. The first kappa shape index (κ1) is 23.7. The quantitative estimate of drug-likeness (QED) is 0.355. The minimum atomic E-state index is -3.45. The average Bonchev–Trinajstić information content (AvgIpc) is 2.80. The summed E-state index contributed by atoms with van der Waals surface area (Å²) in [6.45, 7) is 3.65. The molecule has 0 spiro atoms. The van der Waals surface area contributed by atoms with Gasteiger partial charge in [-0.05, 0) is 54.1 Å². The summed E-state index contributed by atoms with van der Waals surface area (Å²) in [5.41, 5.74) is 2.74. The Morgan fingerprint density at radius 2 is 1.30 bits per heavy atom. The van der Waals surface area contributed by atoms with Crippen LogP contribution in [0.15, 0.2) is 91.5 Å². The van der Waals surface area contributed by atoms with E-state index in [1.54, 1.807) is 60.7 Å². The normalized spacial score (nSPS) is 10.8. The summed E-state index contributed by atoms with van der Waals surface area (Å²) in [5, 5.41) is 8.17. The molecule has 8 nitrogen and oxygen atoms in total. The van der Waals surface area contributed by atoms with Gasteiger partial charge in [-0.3, -0.25) is 4.79 Å². The lowest BCUT2D eigenvalue weighted by molar-refractivity contribution is 0.102. The van der Waals surface area contributed by atoms with Gasteiger partial charge in [0.05, 0.1) is 5.75 Å². The Bertz CT molecular complexity index is 1210. The number of anilines is 3. The molecule has 3 amide bonds. The van der Waals surface area contributed by atoms with Gasteiger partial charge in [0.15, 0.2) is 0 Å². The number of nitrogens with one attached hydrogen (secondary N) is 4. The highest BCUT2D eigenvalue weighted by atomic mass is 32.2. The summed E-state index contributed by atoms with van der Waals surface area (Å²) in [6, 6.07) is 21.7. The van der Waals surface area contributed by atoms with Crippen LogP contribution in [0.1, 0.15) is 15.9 Å². The van der Waals surface area contributed by atoms with E-state index in [0.29, 0.717) is 28.2 Å². The highest BCUT2D eigenvalue weighted by Gasteiger charge is 2.11. The van der Waals surface area contributed by atoms with E-state index in [9.17, 15) is 18.0 Å². The molecule has 0 aliphatic heterocycles. The molecular formula is C24H24N4O4S. The van der Waals surface area contributed by atoms with E-state index in [-0.39, 0.29) is 24.2 Å². The third-order valence-corrected chi connectivity index (χ3v) is 5.77. The zero-order valence-corrected chi connectivity index (χ0v) is 18.6. The van der Waals surface area contributed by atoms with Gasteiger partial charge in [0.2, 0.25) is 10.0 Å². The predicted molar refractivity (Wildman–Crippen MR) is 131 cm³/mol. The third-order valence-electron chi connectivity index (χ3n) is 4.45. The van der Waals surface area contributed by atoms with E-state index in [1.807, 2.05) is 18.2 Å². The van der Waals surface area contributed by atoms with Gasteiger partial charge in [-0.25, -0.2) is 17.9 Å². The van der Waals surface area contributed by atoms with Gasteiger partial charge < -0.3 is 16.0 Å². The molecule has 0 saturated carbocycles. The van der Waals surface area contributed by atoms with Crippen molar-refractivity contribution in [3.8, 4) is 0 Å². The standard InChI is InChI=1S/C24H24N4O4S/c1-2-16-25-33(31,32)17-18-8-12-21(13-9-18)26-23(29)19-10-14-22(15-11-19)28-24(30)27-20-6-4-3-5-7-20/h2-15,25H,1,16-17H2,(H,26,29)(H2,27,28,30). The number of urea groups is 1. The van der Waals surface area contributed by atoms with Crippen molar-refractivity contribution in [1.82, 2.24) is 4.72 Å². The lowest BCUT2D eigenvalue weighted by atomic mass is 10.1. The summed E-state index contributed by atoms with van der Waals surface area (Å²) in [4.78, 5) is 24.6. The number of para-hydroxylation sites is 1. The molecule has 0 unspecified atom stereocenters. The molecule has 0 radical (unpaired) electrons. The van der Waals surface area contributed by atoms with Crippen molar-refractivity contribution in [2.45, 2.75) is 5.75 Å². The smallest absolute Gasteiger partial charge is 0.322 e.